The van der Waals surface area contributed by atoms with Crippen molar-refractivity contribution in [2.45, 2.75) is 41.5 Å². The lowest BCUT2D eigenvalue weighted by Crippen LogP contribution is -2.31. The van der Waals surface area contributed by atoms with Gasteiger partial charge in [0.05, 0.1) is 0 Å². The second-order valence-corrected chi connectivity index (χ2v) is 3.97. The lowest BCUT2D eigenvalue weighted by molar-refractivity contribution is -0.134. The summed E-state index contributed by atoms with van der Waals surface area (Å²) in [6.45, 7) is 14.0. The molecule has 1 amide bonds. The molecule has 1 rings (SSSR count). The Morgan fingerprint density at radius 3 is 2.08 bits per heavy atom. The van der Waals surface area contributed by atoms with E-state index >= 15 is 0 Å². The van der Waals surface area contributed by atoms with Crippen LogP contribution in [-0.4, -0.2) is 23.9 Å². The van der Waals surface area contributed by atoms with E-state index in [-0.39, 0.29) is 5.41 Å². The van der Waals surface area contributed by atoms with Gasteiger partial charge < -0.3 is 4.90 Å². The van der Waals surface area contributed by atoms with Crippen LogP contribution in [0.5, 0.6) is 0 Å². The molecule has 1 saturated heterocycles. The van der Waals surface area contributed by atoms with Gasteiger partial charge in [0, 0.05) is 18.5 Å². The van der Waals surface area contributed by atoms with Crippen molar-refractivity contribution >= 4 is 5.91 Å². The van der Waals surface area contributed by atoms with E-state index in [2.05, 4.69) is 6.92 Å². The lowest BCUT2D eigenvalue weighted by atomic mass is 9.83. The monoisotopic (exact) mass is 185 g/mol. The van der Waals surface area contributed by atoms with Gasteiger partial charge in [-0.05, 0) is 12.8 Å². The van der Waals surface area contributed by atoms with Gasteiger partial charge in [0.25, 0.3) is 0 Å². The van der Waals surface area contributed by atoms with Crippen LogP contribution in [0.15, 0.2) is 0 Å². The molecule has 78 valence electrons. The quantitative estimate of drug-likeness (QED) is 0.614. The summed E-state index contributed by atoms with van der Waals surface area (Å²) in [5.74, 6) is 0.808. The number of nitrogens with zero attached hydrogens (tertiary/aromatic N) is 1. The second kappa shape index (κ2) is 4.64. The molecule has 0 aromatic heterocycles. The summed E-state index contributed by atoms with van der Waals surface area (Å²) in [6.07, 6.45) is 0. The zero-order valence-electron chi connectivity index (χ0n) is 9.85. The van der Waals surface area contributed by atoms with Crippen LogP contribution in [0.2, 0.25) is 0 Å². The minimum atomic E-state index is -0.129. The molecular weight excluding hydrogens is 162 g/mol. The number of carbonyl (C=O) groups is 1. The zero-order chi connectivity index (χ0) is 10.6. The summed E-state index contributed by atoms with van der Waals surface area (Å²) in [6, 6.07) is 0. The first kappa shape index (κ1) is 12.5. The maximum Gasteiger partial charge on any atom is 0.228 e. The fraction of sp³-hybridized carbons (Fsp3) is 0.909. The molecule has 0 aromatic carbocycles. The van der Waals surface area contributed by atoms with Crippen molar-refractivity contribution in [2.24, 2.45) is 11.3 Å². The topological polar surface area (TPSA) is 20.3 Å². The van der Waals surface area contributed by atoms with Gasteiger partial charge in [-0.15, -0.1) is 0 Å². The molecule has 0 saturated carbocycles. The number of carbonyl (C=O) groups excluding carboxylic acids is 1. The van der Waals surface area contributed by atoms with Crippen molar-refractivity contribution in [1.29, 1.82) is 0 Å². The summed E-state index contributed by atoms with van der Waals surface area (Å²) < 4.78 is 0. The van der Waals surface area contributed by atoms with Gasteiger partial charge in [-0.2, -0.15) is 0 Å². The Morgan fingerprint density at radius 2 is 1.92 bits per heavy atom. The van der Waals surface area contributed by atoms with E-state index in [1.165, 1.54) is 0 Å². The highest BCUT2D eigenvalue weighted by molar-refractivity contribution is 5.84. The van der Waals surface area contributed by atoms with Gasteiger partial charge in [-0.25, -0.2) is 0 Å². The van der Waals surface area contributed by atoms with Gasteiger partial charge in [0.15, 0.2) is 0 Å². The average molecular weight is 185 g/mol. The SMILES string of the molecule is CC.CCN1CC(C)C(C)(C)C1=O. The first-order valence-corrected chi connectivity index (χ1v) is 5.29. The average Bonchev–Trinajstić information content (AvgIpc) is 2.32. The molecule has 0 spiro atoms. The summed E-state index contributed by atoms with van der Waals surface area (Å²) in [4.78, 5) is 13.5. The van der Waals surface area contributed by atoms with Gasteiger partial charge in [0.1, 0.15) is 0 Å². The summed E-state index contributed by atoms with van der Waals surface area (Å²) in [5.41, 5.74) is -0.129. The van der Waals surface area contributed by atoms with E-state index in [4.69, 9.17) is 0 Å². The van der Waals surface area contributed by atoms with Crippen LogP contribution in [0.3, 0.4) is 0 Å². The number of hydrogen-bond acceptors (Lipinski definition) is 1. The molecule has 1 unspecified atom stereocenters. The molecule has 0 aliphatic carbocycles. The van der Waals surface area contributed by atoms with Gasteiger partial charge in [-0.3, -0.25) is 4.79 Å². The van der Waals surface area contributed by atoms with Crippen molar-refractivity contribution < 1.29 is 4.79 Å². The van der Waals surface area contributed by atoms with Crippen LogP contribution in [0.25, 0.3) is 0 Å². The Morgan fingerprint density at radius 1 is 1.46 bits per heavy atom. The standard InChI is InChI=1S/C9H17NO.C2H6/c1-5-10-6-7(2)9(3,4)8(10)11;1-2/h7H,5-6H2,1-4H3;1-2H3. The third kappa shape index (κ3) is 2.23. The van der Waals surface area contributed by atoms with E-state index in [0.717, 1.165) is 13.1 Å². The maximum atomic E-state index is 11.6. The molecule has 1 heterocycles. The Bertz CT molecular complexity index is 175. The predicted molar refractivity (Wildman–Crippen MR) is 56.5 cm³/mol. The Labute approximate surface area is 82.3 Å². The van der Waals surface area contributed by atoms with Crippen LogP contribution >= 0.6 is 0 Å². The van der Waals surface area contributed by atoms with Crippen LogP contribution < -0.4 is 0 Å². The zero-order valence-corrected chi connectivity index (χ0v) is 9.85. The minimum Gasteiger partial charge on any atom is -0.342 e. The van der Waals surface area contributed by atoms with Gasteiger partial charge in [0.2, 0.25) is 5.91 Å². The molecule has 0 aromatic rings. The van der Waals surface area contributed by atoms with E-state index in [9.17, 15) is 4.79 Å². The van der Waals surface area contributed by atoms with Crippen LogP contribution in [0.1, 0.15) is 41.5 Å². The largest absolute Gasteiger partial charge is 0.342 e. The highest BCUT2D eigenvalue weighted by Gasteiger charge is 2.43. The molecule has 2 nitrogen and oxygen atoms in total. The molecule has 1 fully saturated rings. The first-order chi connectivity index (χ1) is 6.00. The third-order valence-corrected chi connectivity index (χ3v) is 2.95. The number of rotatable bonds is 1. The van der Waals surface area contributed by atoms with Crippen LogP contribution in [0, 0.1) is 11.3 Å². The molecule has 0 N–H and O–H groups in total. The molecule has 0 radical (unpaired) electrons. The summed E-state index contributed by atoms with van der Waals surface area (Å²) >= 11 is 0. The maximum absolute atomic E-state index is 11.6. The van der Waals surface area contributed by atoms with E-state index in [0.29, 0.717) is 11.8 Å². The Kier molecular flexibility index (Phi) is 4.45. The van der Waals surface area contributed by atoms with Gasteiger partial charge >= 0.3 is 0 Å². The highest BCUT2D eigenvalue weighted by atomic mass is 16.2. The minimum absolute atomic E-state index is 0.129. The van der Waals surface area contributed by atoms with Gasteiger partial charge in [-0.1, -0.05) is 34.6 Å². The van der Waals surface area contributed by atoms with Crippen molar-refractivity contribution in [1.82, 2.24) is 4.90 Å². The Balaban J connectivity index is 0.000000671. The summed E-state index contributed by atoms with van der Waals surface area (Å²) in [7, 11) is 0. The highest BCUT2D eigenvalue weighted by Crippen LogP contribution is 2.35. The van der Waals surface area contributed by atoms with Crippen molar-refractivity contribution in [2.75, 3.05) is 13.1 Å². The van der Waals surface area contributed by atoms with Crippen molar-refractivity contribution in [3.05, 3.63) is 0 Å². The number of amides is 1. The van der Waals surface area contributed by atoms with Crippen LogP contribution in [0.4, 0.5) is 0 Å². The normalized spacial score (nSPS) is 25.5. The molecule has 2 heteroatoms. The Hall–Kier alpha value is -0.530. The molecular formula is C11H23NO. The first-order valence-electron chi connectivity index (χ1n) is 5.29. The van der Waals surface area contributed by atoms with E-state index < -0.39 is 0 Å². The second-order valence-electron chi connectivity index (χ2n) is 3.97. The lowest BCUT2D eigenvalue weighted by Gasteiger charge is -2.19. The predicted octanol–water partition coefficient (Wildman–Crippen LogP) is 2.54. The molecule has 1 atom stereocenters. The fourth-order valence-electron chi connectivity index (χ4n) is 1.53. The van der Waals surface area contributed by atoms with Crippen LogP contribution in [-0.2, 0) is 4.79 Å². The number of likely N-dealkylation sites (tertiary alicyclic amines) is 1. The molecule has 1 aliphatic rings. The third-order valence-electron chi connectivity index (χ3n) is 2.95. The molecule has 0 bridgehead atoms. The van der Waals surface area contributed by atoms with Crippen molar-refractivity contribution in [3.63, 3.8) is 0 Å². The smallest absolute Gasteiger partial charge is 0.228 e. The van der Waals surface area contributed by atoms with E-state index in [1.54, 1.807) is 0 Å². The fourth-order valence-corrected chi connectivity index (χ4v) is 1.53. The summed E-state index contributed by atoms with van der Waals surface area (Å²) in [5, 5.41) is 0. The van der Waals surface area contributed by atoms with Crippen molar-refractivity contribution in [3.8, 4) is 0 Å². The van der Waals surface area contributed by atoms with E-state index in [1.807, 2.05) is 39.5 Å². The number of hydrogen-bond donors (Lipinski definition) is 0. The molecule has 13 heavy (non-hydrogen) atoms. The molecule has 1 aliphatic heterocycles.